The fourth-order valence-corrected chi connectivity index (χ4v) is 3.47. The van der Waals surface area contributed by atoms with Gasteiger partial charge in [0.05, 0.1) is 5.92 Å². The molecule has 1 saturated carbocycles. The second kappa shape index (κ2) is 5.33. The van der Waals surface area contributed by atoms with Crippen LogP contribution in [-0.4, -0.2) is 17.6 Å². The van der Waals surface area contributed by atoms with E-state index in [1.165, 1.54) is 36.8 Å². The van der Waals surface area contributed by atoms with Gasteiger partial charge >= 0.3 is 5.97 Å². The molecular formula is C16H21NO2. The molecule has 1 aliphatic heterocycles. The summed E-state index contributed by atoms with van der Waals surface area (Å²) in [7, 11) is 0. The SMILES string of the molecule is O=C(O)C1CNC(c2cccc(C3CCCC3)c2)C1. The lowest BCUT2D eigenvalue weighted by atomic mass is 9.93. The van der Waals surface area contributed by atoms with Crippen molar-refractivity contribution >= 4 is 5.97 Å². The number of aliphatic carboxylic acids is 1. The average Bonchev–Trinajstić information content (AvgIpc) is 3.10. The van der Waals surface area contributed by atoms with E-state index in [1.807, 2.05) is 0 Å². The summed E-state index contributed by atoms with van der Waals surface area (Å²) in [5.41, 5.74) is 2.70. The second-order valence-electron chi connectivity index (χ2n) is 5.88. The molecule has 0 radical (unpaired) electrons. The number of carboxylic acids is 1. The Labute approximate surface area is 114 Å². The zero-order valence-electron chi connectivity index (χ0n) is 11.1. The summed E-state index contributed by atoms with van der Waals surface area (Å²) >= 11 is 0. The first-order valence-electron chi connectivity index (χ1n) is 7.30. The minimum Gasteiger partial charge on any atom is -0.481 e. The topological polar surface area (TPSA) is 49.3 Å². The molecule has 2 unspecified atom stereocenters. The number of hydrogen-bond donors (Lipinski definition) is 2. The minimum absolute atomic E-state index is 0.211. The summed E-state index contributed by atoms with van der Waals surface area (Å²) in [5.74, 6) is -0.196. The number of hydrogen-bond acceptors (Lipinski definition) is 2. The Morgan fingerprint density at radius 2 is 1.95 bits per heavy atom. The number of carboxylic acid groups (broad SMARTS) is 1. The molecule has 1 aliphatic carbocycles. The van der Waals surface area contributed by atoms with Gasteiger partial charge in [-0.25, -0.2) is 0 Å². The standard InChI is InChI=1S/C16H21NO2/c18-16(19)14-9-15(17-10-14)13-7-3-6-12(8-13)11-4-1-2-5-11/h3,6-8,11,14-15,17H,1-2,4-5,9-10H2,(H,18,19). The van der Waals surface area contributed by atoms with Crippen LogP contribution in [0.4, 0.5) is 0 Å². The third kappa shape index (κ3) is 2.66. The van der Waals surface area contributed by atoms with Crippen molar-refractivity contribution in [2.45, 2.75) is 44.1 Å². The van der Waals surface area contributed by atoms with Gasteiger partial charge in [-0.15, -0.1) is 0 Å². The van der Waals surface area contributed by atoms with Crippen molar-refractivity contribution in [3.8, 4) is 0 Å². The Kier molecular flexibility index (Phi) is 3.56. The predicted octanol–water partition coefficient (Wildman–Crippen LogP) is 3.08. The molecule has 1 heterocycles. The van der Waals surface area contributed by atoms with Crippen LogP contribution in [0, 0.1) is 5.92 Å². The van der Waals surface area contributed by atoms with Gasteiger partial charge in [-0.1, -0.05) is 37.1 Å². The maximum atomic E-state index is 11.0. The van der Waals surface area contributed by atoms with E-state index in [1.54, 1.807) is 0 Å². The highest BCUT2D eigenvalue weighted by atomic mass is 16.4. The Morgan fingerprint density at radius 3 is 2.63 bits per heavy atom. The molecule has 2 fully saturated rings. The van der Waals surface area contributed by atoms with Crippen LogP contribution >= 0.6 is 0 Å². The Balaban J connectivity index is 1.74. The van der Waals surface area contributed by atoms with Crippen LogP contribution in [0.1, 0.15) is 55.2 Å². The fraction of sp³-hybridized carbons (Fsp3) is 0.562. The number of rotatable bonds is 3. The molecule has 0 aromatic heterocycles. The first-order chi connectivity index (χ1) is 9.24. The van der Waals surface area contributed by atoms with Crippen LogP contribution in [0.2, 0.25) is 0 Å². The van der Waals surface area contributed by atoms with Crippen LogP contribution in [0.5, 0.6) is 0 Å². The third-order valence-electron chi connectivity index (χ3n) is 4.62. The molecule has 0 bridgehead atoms. The average molecular weight is 259 g/mol. The maximum absolute atomic E-state index is 11.0. The lowest BCUT2D eigenvalue weighted by Gasteiger charge is -2.15. The summed E-state index contributed by atoms with van der Waals surface area (Å²) in [6.07, 6.45) is 6.01. The van der Waals surface area contributed by atoms with Gasteiger partial charge in [0.15, 0.2) is 0 Å². The molecule has 2 atom stereocenters. The molecule has 1 saturated heterocycles. The van der Waals surface area contributed by atoms with Crippen LogP contribution in [-0.2, 0) is 4.79 Å². The van der Waals surface area contributed by atoms with Gasteiger partial charge in [0, 0.05) is 12.6 Å². The van der Waals surface area contributed by atoms with E-state index in [0.29, 0.717) is 13.0 Å². The molecule has 0 spiro atoms. The van der Waals surface area contributed by atoms with E-state index >= 15 is 0 Å². The molecule has 3 nitrogen and oxygen atoms in total. The van der Waals surface area contributed by atoms with E-state index in [9.17, 15) is 4.79 Å². The van der Waals surface area contributed by atoms with Gasteiger partial charge in [0.25, 0.3) is 0 Å². The smallest absolute Gasteiger partial charge is 0.307 e. The fourth-order valence-electron chi connectivity index (χ4n) is 3.47. The first kappa shape index (κ1) is 12.7. The van der Waals surface area contributed by atoms with Crippen molar-refractivity contribution in [1.82, 2.24) is 5.32 Å². The molecular weight excluding hydrogens is 238 g/mol. The van der Waals surface area contributed by atoms with Gasteiger partial charge in [0.2, 0.25) is 0 Å². The minimum atomic E-state index is -0.679. The van der Waals surface area contributed by atoms with E-state index in [4.69, 9.17) is 5.11 Å². The van der Waals surface area contributed by atoms with Gasteiger partial charge in [0.1, 0.15) is 0 Å². The molecule has 0 amide bonds. The highest BCUT2D eigenvalue weighted by Gasteiger charge is 2.30. The molecule has 2 aliphatic rings. The van der Waals surface area contributed by atoms with E-state index in [0.717, 1.165) is 5.92 Å². The van der Waals surface area contributed by atoms with Crippen LogP contribution in [0.15, 0.2) is 24.3 Å². The van der Waals surface area contributed by atoms with Crippen molar-refractivity contribution < 1.29 is 9.90 Å². The van der Waals surface area contributed by atoms with E-state index in [-0.39, 0.29) is 12.0 Å². The van der Waals surface area contributed by atoms with Crippen molar-refractivity contribution in [2.75, 3.05) is 6.54 Å². The summed E-state index contributed by atoms with van der Waals surface area (Å²) < 4.78 is 0. The molecule has 2 N–H and O–H groups in total. The van der Waals surface area contributed by atoms with E-state index in [2.05, 4.69) is 29.6 Å². The highest BCUT2D eigenvalue weighted by molar-refractivity contribution is 5.70. The molecule has 1 aromatic carbocycles. The summed E-state index contributed by atoms with van der Waals surface area (Å²) in [4.78, 5) is 11.0. The van der Waals surface area contributed by atoms with Crippen molar-refractivity contribution in [1.29, 1.82) is 0 Å². The van der Waals surface area contributed by atoms with E-state index < -0.39 is 5.97 Å². The first-order valence-corrected chi connectivity index (χ1v) is 7.30. The largest absolute Gasteiger partial charge is 0.481 e. The molecule has 19 heavy (non-hydrogen) atoms. The normalized spacial score (nSPS) is 27.8. The van der Waals surface area contributed by atoms with Crippen molar-refractivity contribution in [3.05, 3.63) is 35.4 Å². The van der Waals surface area contributed by atoms with Crippen LogP contribution in [0.25, 0.3) is 0 Å². The van der Waals surface area contributed by atoms with Gasteiger partial charge in [-0.2, -0.15) is 0 Å². The van der Waals surface area contributed by atoms with Gasteiger partial charge in [-0.05, 0) is 36.3 Å². The van der Waals surface area contributed by atoms with Crippen molar-refractivity contribution in [2.24, 2.45) is 5.92 Å². The number of benzene rings is 1. The monoisotopic (exact) mass is 259 g/mol. The summed E-state index contributed by atoms with van der Waals surface area (Å²) in [5, 5.41) is 12.4. The molecule has 102 valence electrons. The quantitative estimate of drug-likeness (QED) is 0.877. The lowest BCUT2D eigenvalue weighted by Crippen LogP contribution is -2.17. The van der Waals surface area contributed by atoms with Crippen LogP contribution < -0.4 is 5.32 Å². The number of carbonyl (C=O) groups is 1. The number of nitrogens with one attached hydrogen (secondary N) is 1. The maximum Gasteiger partial charge on any atom is 0.307 e. The van der Waals surface area contributed by atoms with Crippen LogP contribution in [0.3, 0.4) is 0 Å². The molecule has 1 aromatic rings. The zero-order valence-corrected chi connectivity index (χ0v) is 11.1. The Morgan fingerprint density at radius 1 is 1.21 bits per heavy atom. The van der Waals surface area contributed by atoms with Gasteiger partial charge < -0.3 is 10.4 Å². The zero-order chi connectivity index (χ0) is 13.2. The summed E-state index contributed by atoms with van der Waals surface area (Å²) in [6.45, 7) is 0.591. The third-order valence-corrected chi connectivity index (χ3v) is 4.62. The Hall–Kier alpha value is -1.35. The molecule has 3 heteroatoms. The van der Waals surface area contributed by atoms with Crippen molar-refractivity contribution in [3.63, 3.8) is 0 Å². The summed E-state index contributed by atoms with van der Waals surface area (Å²) in [6, 6.07) is 8.97. The second-order valence-corrected chi connectivity index (χ2v) is 5.88. The highest BCUT2D eigenvalue weighted by Crippen LogP contribution is 2.36. The van der Waals surface area contributed by atoms with Gasteiger partial charge in [-0.3, -0.25) is 4.79 Å². The predicted molar refractivity (Wildman–Crippen MR) is 74.1 cm³/mol. The Bertz CT molecular complexity index is 466. The lowest BCUT2D eigenvalue weighted by molar-refractivity contribution is -0.141. The molecule has 3 rings (SSSR count).